The first-order valence-electron chi connectivity index (χ1n) is 5.63. The highest BCUT2D eigenvalue weighted by Crippen LogP contribution is 2.12. The van der Waals surface area contributed by atoms with E-state index < -0.39 is 0 Å². The number of aryl methyl sites for hydroxylation is 2. The van der Waals surface area contributed by atoms with Crippen LogP contribution in [0.15, 0.2) is 6.07 Å². The smallest absolute Gasteiger partial charge is 0.274 e. The van der Waals surface area contributed by atoms with Crippen LogP contribution in [-0.2, 0) is 7.05 Å². The molecule has 1 amide bonds. The van der Waals surface area contributed by atoms with Gasteiger partial charge in [0.1, 0.15) is 0 Å². The maximum Gasteiger partial charge on any atom is 0.274 e. The van der Waals surface area contributed by atoms with Crippen LogP contribution in [0.3, 0.4) is 0 Å². The molecule has 1 aromatic heterocycles. The lowest BCUT2D eigenvalue weighted by Crippen LogP contribution is -2.45. The minimum Gasteiger partial charge on any atom is -0.336 e. The maximum absolute atomic E-state index is 12.1. The molecule has 0 aromatic carbocycles. The molecule has 16 heavy (non-hydrogen) atoms. The Labute approximate surface area is 95.2 Å². The summed E-state index contributed by atoms with van der Waals surface area (Å²) in [6.07, 6.45) is 1.99. The first kappa shape index (κ1) is 11.1. The maximum atomic E-state index is 12.1. The molecule has 0 radical (unpaired) electrons. The second kappa shape index (κ2) is 4.25. The van der Waals surface area contributed by atoms with Gasteiger partial charge in [-0.2, -0.15) is 5.10 Å². The fourth-order valence-corrected chi connectivity index (χ4v) is 2.02. The van der Waals surface area contributed by atoms with E-state index >= 15 is 0 Å². The first-order chi connectivity index (χ1) is 7.58. The van der Waals surface area contributed by atoms with Crippen molar-refractivity contribution in [1.82, 2.24) is 14.7 Å². The summed E-state index contributed by atoms with van der Waals surface area (Å²) in [6.45, 7) is 3.38. The molecule has 5 heteroatoms. The van der Waals surface area contributed by atoms with Crippen LogP contribution in [0.5, 0.6) is 0 Å². The summed E-state index contributed by atoms with van der Waals surface area (Å²) < 4.78 is 1.72. The van der Waals surface area contributed by atoms with Crippen molar-refractivity contribution in [3.05, 3.63) is 17.5 Å². The Morgan fingerprint density at radius 3 is 2.94 bits per heavy atom. The molecule has 0 aliphatic carbocycles. The number of nitrogens with zero attached hydrogens (tertiary/aromatic N) is 3. The number of aromatic nitrogens is 2. The zero-order valence-electron chi connectivity index (χ0n) is 9.81. The molecule has 2 heterocycles. The van der Waals surface area contributed by atoms with Crippen molar-refractivity contribution in [1.29, 1.82) is 0 Å². The van der Waals surface area contributed by atoms with Crippen LogP contribution in [0.4, 0.5) is 0 Å². The van der Waals surface area contributed by atoms with Crippen molar-refractivity contribution in [3.8, 4) is 0 Å². The number of hydrogen-bond acceptors (Lipinski definition) is 3. The van der Waals surface area contributed by atoms with Gasteiger partial charge in [-0.25, -0.2) is 0 Å². The molecule has 5 nitrogen and oxygen atoms in total. The molecule has 0 saturated carbocycles. The third-order valence-corrected chi connectivity index (χ3v) is 3.08. The Morgan fingerprint density at radius 2 is 2.38 bits per heavy atom. The van der Waals surface area contributed by atoms with Crippen molar-refractivity contribution < 1.29 is 4.79 Å². The lowest BCUT2D eigenvalue weighted by atomic mass is 10.1. The molecule has 1 atom stereocenters. The predicted molar refractivity (Wildman–Crippen MR) is 61.1 cm³/mol. The highest BCUT2D eigenvalue weighted by Gasteiger charge is 2.24. The van der Waals surface area contributed by atoms with Gasteiger partial charge in [-0.3, -0.25) is 9.48 Å². The van der Waals surface area contributed by atoms with Gasteiger partial charge in [-0.05, 0) is 25.8 Å². The summed E-state index contributed by atoms with van der Waals surface area (Å²) in [5.74, 6) is -0.00106. The van der Waals surface area contributed by atoms with E-state index in [1.54, 1.807) is 9.58 Å². The third-order valence-electron chi connectivity index (χ3n) is 3.08. The van der Waals surface area contributed by atoms with Gasteiger partial charge >= 0.3 is 0 Å². The Balaban J connectivity index is 2.12. The summed E-state index contributed by atoms with van der Waals surface area (Å²) in [5.41, 5.74) is 7.37. The van der Waals surface area contributed by atoms with Gasteiger partial charge in [-0.15, -0.1) is 0 Å². The molecule has 1 saturated heterocycles. The molecule has 1 aliphatic heterocycles. The lowest BCUT2D eigenvalue weighted by Gasteiger charge is -2.30. The molecule has 2 N–H and O–H groups in total. The standard InChI is InChI=1S/C11H18N4O/c1-8-6-10(13-14(8)2)11(16)15-5-3-4-9(12)7-15/h6,9H,3-5,7,12H2,1-2H3/t9-/m1/s1. The van der Waals surface area contributed by atoms with Crippen LogP contribution in [0.25, 0.3) is 0 Å². The molecular formula is C11H18N4O. The fourth-order valence-electron chi connectivity index (χ4n) is 2.02. The summed E-state index contributed by atoms with van der Waals surface area (Å²) in [6, 6.07) is 1.94. The van der Waals surface area contributed by atoms with Crippen molar-refractivity contribution in [2.45, 2.75) is 25.8 Å². The van der Waals surface area contributed by atoms with E-state index in [1.165, 1.54) is 0 Å². The quantitative estimate of drug-likeness (QED) is 0.743. The Bertz CT molecular complexity index is 379. The summed E-state index contributed by atoms with van der Waals surface area (Å²) >= 11 is 0. The van der Waals surface area contributed by atoms with E-state index in [-0.39, 0.29) is 11.9 Å². The van der Waals surface area contributed by atoms with Gasteiger partial charge in [0.15, 0.2) is 5.69 Å². The van der Waals surface area contributed by atoms with Gasteiger partial charge in [0.2, 0.25) is 0 Å². The second-order valence-corrected chi connectivity index (χ2v) is 4.45. The number of piperidine rings is 1. The van der Waals surface area contributed by atoms with Gasteiger partial charge in [0.05, 0.1) is 0 Å². The van der Waals surface area contributed by atoms with Crippen LogP contribution in [-0.4, -0.2) is 39.7 Å². The highest BCUT2D eigenvalue weighted by atomic mass is 16.2. The zero-order chi connectivity index (χ0) is 11.7. The molecule has 1 aliphatic rings. The fraction of sp³-hybridized carbons (Fsp3) is 0.636. The van der Waals surface area contributed by atoms with Gasteiger partial charge in [0.25, 0.3) is 5.91 Å². The van der Waals surface area contributed by atoms with E-state index in [4.69, 9.17) is 5.73 Å². The Hall–Kier alpha value is -1.36. The molecular weight excluding hydrogens is 204 g/mol. The number of carbonyl (C=O) groups excluding carboxylic acids is 1. The summed E-state index contributed by atoms with van der Waals surface area (Å²) in [4.78, 5) is 13.9. The minimum absolute atomic E-state index is 0.00106. The first-order valence-corrected chi connectivity index (χ1v) is 5.63. The molecule has 1 aromatic rings. The van der Waals surface area contributed by atoms with E-state index in [9.17, 15) is 4.79 Å². The molecule has 0 spiro atoms. The minimum atomic E-state index is -0.00106. The van der Waals surface area contributed by atoms with Crippen molar-refractivity contribution >= 4 is 5.91 Å². The number of rotatable bonds is 1. The molecule has 0 bridgehead atoms. The summed E-state index contributed by atoms with van der Waals surface area (Å²) in [7, 11) is 1.84. The zero-order valence-corrected chi connectivity index (χ0v) is 9.81. The largest absolute Gasteiger partial charge is 0.336 e. The van der Waals surface area contributed by atoms with Crippen molar-refractivity contribution in [2.24, 2.45) is 12.8 Å². The van der Waals surface area contributed by atoms with Gasteiger partial charge < -0.3 is 10.6 Å². The van der Waals surface area contributed by atoms with Crippen LogP contribution in [0.1, 0.15) is 29.0 Å². The molecule has 1 fully saturated rings. The number of amides is 1. The molecule has 0 unspecified atom stereocenters. The van der Waals surface area contributed by atoms with E-state index in [2.05, 4.69) is 5.10 Å². The van der Waals surface area contributed by atoms with Crippen LogP contribution < -0.4 is 5.73 Å². The van der Waals surface area contributed by atoms with Gasteiger partial charge in [0, 0.05) is 31.9 Å². The number of hydrogen-bond donors (Lipinski definition) is 1. The average Bonchev–Trinajstić information content (AvgIpc) is 2.58. The van der Waals surface area contributed by atoms with Crippen LogP contribution in [0, 0.1) is 6.92 Å². The van der Waals surface area contributed by atoms with E-state index in [0.717, 1.165) is 25.1 Å². The predicted octanol–water partition coefficient (Wildman–Crippen LogP) is 0.292. The Morgan fingerprint density at radius 1 is 1.62 bits per heavy atom. The van der Waals surface area contributed by atoms with Crippen LogP contribution in [0.2, 0.25) is 0 Å². The normalized spacial score (nSPS) is 21.2. The molecule has 2 rings (SSSR count). The third kappa shape index (κ3) is 2.09. The number of carbonyl (C=O) groups is 1. The number of nitrogens with two attached hydrogens (primary N) is 1. The van der Waals surface area contributed by atoms with E-state index in [0.29, 0.717) is 12.2 Å². The average molecular weight is 222 g/mol. The number of likely N-dealkylation sites (tertiary alicyclic amines) is 1. The second-order valence-electron chi connectivity index (χ2n) is 4.45. The van der Waals surface area contributed by atoms with Crippen molar-refractivity contribution in [3.63, 3.8) is 0 Å². The lowest BCUT2D eigenvalue weighted by molar-refractivity contribution is 0.0702. The van der Waals surface area contributed by atoms with Crippen LogP contribution >= 0.6 is 0 Å². The monoisotopic (exact) mass is 222 g/mol. The SMILES string of the molecule is Cc1cc(C(=O)N2CCC[C@@H](N)C2)nn1C. The van der Waals surface area contributed by atoms with E-state index in [1.807, 2.05) is 20.0 Å². The Kier molecular flexibility index (Phi) is 2.96. The van der Waals surface area contributed by atoms with Crippen molar-refractivity contribution in [2.75, 3.05) is 13.1 Å². The molecule has 88 valence electrons. The van der Waals surface area contributed by atoms with Gasteiger partial charge in [-0.1, -0.05) is 0 Å². The summed E-state index contributed by atoms with van der Waals surface area (Å²) in [5, 5.41) is 4.20. The topological polar surface area (TPSA) is 64.2 Å². The highest BCUT2D eigenvalue weighted by molar-refractivity contribution is 5.92.